The number of hydrogen-bond acceptors (Lipinski definition) is 5. The van der Waals surface area contributed by atoms with Crippen molar-refractivity contribution in [3.63, 3.8) is 0 Å². The summed E-state index contributed by atoms with van der Waals surface area (Å²) in [5, 5.41) is 2.89. The Balaban J connectivity index is 1.81. The van der Waals surface area contributed by atoms with Crippen LogP contribution in [0.1, 0.15) is 55.6 Å². The van der Waals surface area contributed by atoms with Gasteiger partial charge in [0.25, 0.3) is 15.9 Å². The van der Waals surface area contributed by atoms with Gasteiger partial charge in [0.05, 0.1) is 5.56 Å². The number of nitrogens with zero attached hydrogens (tertiary/aromatic N) is 2. The summed E-state index contributed by atoms with van der Waals surface area (Å²) in [5.74, 6) is -1.38. The highest BCUT2D eigenvalue weighted by Gasteiger charge is 2.41. The highest BCUT2D eigenvalue weighted by Crippen LogP contribution is 2.30. The summed E-state index contributed by atoms with van der Waals surface area (Å²) in [7, 11) is -4.01. The molecule has 182 valence electrons. The maximum atomic E-state index is 13.3. The summed E-state index contributed by atoms with van der Waals surface area (Å²) in [5.41, 5.74) is 1.49. The number of nitrogens with one attached hydrogen (secondary N) is 1. The molecule has 2 aromatic rings. The van der Waals surface area contributed by atoms with Crippen LogP contribution in [0.5, 0.6) is 0 Å². The Bertz CT molecular complexity index is 1220. The van der Waals surface area contributed by atoms with Crippen molar-refractivity contribution in [2.75, 3.05) is 6.54 Å². The van der Waals surface area contributed by atoms with Gasteiger partial charge in [-0.05, 0) is 52.3 Å². The lowest BCUT2D eigenvalue weighted by molar-refractivity contribution is -0.141. The summed E-state index contributed by atoms with van der Waals surface area (Å²) < 4.78 is 26.4. The Kier molecular flexibility index (Phi) is 7.16. The summed E-state index contributed by atoms with van der Waals surface area (Å²) in [6.45, 7) is 9.02. The molecule has 3 amide bonds. The number of benzene rings is 2. The maximum absolute atomic E-state index is 13.3. The van der Waals surface area contributed by atoms with E-state index in [0.29, 0.717) is 0 Å². The van der Waals surface area contributed by atoms with E-state index in [4.69, 9.17) is 0 Å². The number of aryl methyl sites for hydroxylation is 1. The molecule has 34 heavy (non-hydrogen) atoms. The lowest BCUT2D eigenvalue weighted by atomic mass is 10.1. The van der Waals surface area contributed by atoms with E-state index >= 15 is 0 Å². The van der Waals surface area contributed by atoms with Crippen LogP contribution in [0.25, 0.3) is 0 Å². The molecule has 1 aliphatic rings. The predicted octanol–water partition coefficient (Wildman–Crippen LogP) is 2.86. The number of amides is 3. The molecule has 9 heteroatoms. The molecule has 0 aromatic heterocycles. The number of carbonyl (C=O) groups excluding carboxylic acids is 3. The molecule has 0 spiro atoms. The van der Waals surface area contributed by atoms with Gasteiger partial charge in [0, 0.05) is 25.0 Å². The van der Waals surface area contributed by atoms with Gasteiger partial charge in [-0.1, -0.05) is 42.0 Å². The molecule has 0 bridgehead atoms. The van der Waals surface area contributed by atoms with Gasteiger partial charge in [-0.25, -0.2) is 12.7 Å². The van der Waals surface area contributed by atoms with E-state index in [9.17, 15) is 22.8 Å². The third-order valence-corrected chi connectivity index (χ3v) is 7.38. The molecular weight excluding hydrogens is 454 g/mol. The molecule has 0 unspecified atom stereocenters. The molecule has 1 atom stereocenters. The smallest absolute Gasteiger partial charge is 0.269 e. The monoisotopic (exact) mass is 485 g/mol. The average molecular weight is 486 g/mol. The Hall–Kier alpha value is -3.20. The fraction of sp³-hybridized carbons (Fsp3) is 0.400. The van der Waals surface area contributed by atoms with Crippen LogP contribution in [-0.4, -0.2) is 53.5 Å². The van der Waals surface area contributed by atoms with Gasteiger partial charge in [-0.3, -0.25) is 14.4 Å². The van der Waals surface area contributed by atoms with Crippen LogP contribution in [0.2, 0.25) is 0 Å². The minimum atomic E-state index is -4.01. The first-order valence-electron chi connectivity index (χ1n) is 11.1. The topological polar surface area (TPSA) is 104 Å². The van der Waals surface area contributed by atoms with Crippen molar-refractivity contribution in [3.8, 4) is 0 Å². The second kappa shape index (κ2) is 9.58. The largest absolute Gasteiger partial charge is 0.350 e. The number of sulfonamides is 1. The molecular formula is C25H31N3O5S. The maximum Gasteiger partial charge on any atom is 0.269 e. The van der Waals surface area contributed by atoms with Crippen molar-refractivity contribution >= 4 is 27.7 Å². The summed E-state index contributed by atoms with van der Waals surface area (Å²) >= 11 is 0. The van der Waals surface area contributed by atoms with Gasteiger partial charge in [0.2, 0.25) is 11.8 Å². The van der Waals surface area contributed by atoms with E-state index in [1.807, 2.05) is 52.0 Å². The quantitative estimate of drug-likeness (QED) is 0.650. The molecule has 0 saturated heterocycles. The van der Waals surface area contributed by atoms with Crippen LogP contribution >= 0.6 is 0 Å². The molecule has 0 aliphatic carbocycles. The zero-order valence-corrected chi connectivity index (χ0v) is 21.0. The summed E-state index contributed by atoms with van der Waals surface area (Å²) in [6.07, 6.45) is -0.238. The van der Waals surface area contributed by atoms with E-state index in [2.05, 4.69) is 5.32 Å². The minimum absolute atomic E-state index is 0.0537. The second-order valence-electron chi connectivity index (χ2n) is 9.55. The first-order valence-corrected chi connectivity index (χ1v) is 12.6. The molecule has 3 rings (SSSR count). The average Bonchev–Trinajstić information content (AvgIpc) is 2.94. The van der Waals surface area contributed by atoms with E-state index in [0.717, 1.165) is 15.4 Å². The molecule has 0 radical (unpaired) electrons. The molecule has 0 fully saturated rings. The third-order valence-electron chi connectivity index (χ3n) is 5.54. The van der Waals surface area contributed by atoms with Gasteiger partial charge < -0.3 is 10.2 Å². The SMILES string of the molecule is Cc1cccc(CN(C(=O)CCN2C(=O)c3ccccc3S2(=O)=O)[C@@H](C)C(=O)NC(C)(C)C)c1. The van der Waals surface area contributed by atoms with E-state index in [1.54, 1.807) is 19.1 Å². The van der Waals surface area contributed by atoms with Gasteiger partial charge in [0.1, 0.15) is 10.9 Å². The van der Waals surface area contributed by atoms with Crippen molar-refractivity contribution < 1.29 is 22.8 Å². The molecule has 0 saturated carbocycles. The Labute approximate surface area is 201 Å². The normalized spacial score (nSPS) is 15.6. The van der Waals surface area contributed by atoms with E-state index in [1.165, 1.54) is 17.0 Å². The molecule has 8 nitrogen and oxygen atoms in total. The Morgan fingerprint density at radius 2 is 1.76 bits per heavy atom. The minimum Gasteiger partial charge on any atom is -0.350 e. The van der Waals surface area contributed by atoms with Crippen molar-refractivity contribution in [2.24, 2.45) is 0 Å². The number of carbonyl (C=O) groups is 3. The highest BCUT2D eigenvalue weighted by atomic mass is 32.2. The summed E-state index contributed by atoms with van der Waals surface area (Å²) in [6, 6.07) is 12.8. The van der Waals surface area contributed by atoms with E-state index in [-0.39, 0.29) is 35.9 Å². The number of hydrogen-bond donors (Lipinski definition) is 1. The molecule has 1 N–H and O–H groups in total. The number of rotatable bonds is 7. The second-order valence-corrected chi connectivity index (χ2v) is 11.4. The molecule has 2 aromatic carbocycles. The van der Waals surface area contributed by atoms with Crippen LogP contribution in [0.4, 0.5) is 0 Å². The zero-order chi connectivity index (χ0) is 25.3. The van der Waals surface area contributed by atoms with Crippen molar-refractivity contribution in [1.29, 1.82) is 0 Å². The van der Waals surface area contributed by atoms with E-state index < -0.39 is 33.4 Å². The highest BCUT2D eigenvalue weighted by molar-refractivity contribution is 7.90. The van der Waals surface area contributed by atoms with Crippen LogP contribution in [-0.2, 0) is 26.2 Å². The standard InChI is InChI=1S/C25H31N3O5S/c1-17-9-8-10-19(15-17)16-27(18(2)23(30)26-25(3,4)5)22(29)13-14-28-24(31)20-11-6-7-12-21(20)34(28,32)33/h6-12,15,18H,13-14,16H2,1-5H3,(H,26,30)/t18-/m0/s1. The first kappa shape index (κ1) is 25.4. The lowest BCUT2D eigenvalue weighted by Gasteiger charge is -2.32. The van der Waals surface area contributed by atoms with Gasteiger partial charge in [0.15, 0.2) is 0 Å². The predicted molar refractivity (Wildman–Crippen MR) is 128 cm³/mol. The van der Waals surface area contributed by atoms with Crippen LogP contribution < -0.4 is 5.32 Å². The fourth-order valence-corrected chi connectivity index (χ4v) is 5.43. The van der Waals surface area contributed by atoms with Crippen LogP contribution in [0.3, 0.4) is 0 Å². The van der Waals surface area contributed by atoms with Crippen molar-refractivity contribution in [2.45, 2.75) is 64.1 Å². The molecule has 1 aliphatic heterocycles. The van der Waals surface area contributed by atoms with Gasteiger partial charge >= 0.3 is 0 Å². The van der Waals surface area contributed by atoms with Crippen molar-refractivity contribution in [1.82, 2.24) is 14.5 Å². The zero-order valence-electron chi connectivity index (χ0n) is 20.2. The Morgan fingerprint density at radius 1 is 1.09 bits per heavy atom. The third kappa shape index (κ3) is 5.47. The first-order chi connectivity index (χ1) is 15.8. The van der Waals surface area contributed by atoms with Crippen LogP contribution in [0.15, 0.2) is 53.4 Å². The van der Waals surface area contributed by atoms with Crippen LogP contribution in [0, 0.1) is 6.92 Å². The lowest BCUT2D eigenvalue weighted by Crippen LogP contribution is -2.52. The number of fused-ring (bicyclic) bond motifs is 1. The summed E-state index contributed by atoms with van der Waals surface area (Å²) in [4.78, 5) is 40.2. The van der Waals surface area contributed by atoms with Gasteiger partial charge in [-0.15, -0.1) is 0 Å². The van der Waals surface area contributed by atoms with Gasteiger partial charge in [-0.2, -0.15) is 0 Å². The fourth-order valence-electron chi connectivity index (χ4n) is 3.86. The molecule has 1 heterocycles. The van der Waals surface area contributed by atoms with Crippen molar-refractivity contribution in [3.05, 3.63) is 65.2 Å². The Morgan fingerprint density at radius 3 is 2.38 bits per heavy atom.